The molecule has 0 spiro atoms. The van der Waals surface area contributed by atoms with E-state index in [1.807, 2.05) is 32.0 Å². The molecule has 0 aliphatic heterocycles. The number of anilines is 1. The van der Waals surface area contributed by atoms with Gasteiger partial charge in [-0.3, -0.25) is 9.59 Å². The first-order valence-corrected chi connectivity index (χ1v) is 10.3. The Morgan fingerprint density at radius 2 is 2.07 bits per heavy atom. The third-order valence-electron chi connectivity index (χ3n) is 6.23. The molecule has 3 aromatic rings. The molecule has 2 aromatic heterocycles. The lowest BCUT2D eigenvalue weighted by Crippen LogP contribution is -2.26. The molecule has 2 aliphatic rings. The van der Waals surface area contributed by atoms with Crippen LogP contribution in [0.4, 0.5) is 5.69 Å². The third kappa shape index (κ3) is 3.07. The van der Waals surface area contributed by atoms with Gasteiger partial charge < -0.3 is 14.7 Å². The number of benzene rings is 1. The highest BCUT2D eigenvalue weighted by Gasteiger charge is 2.37. The SMILES string of the molecule is Cc1c(C(=O)Nc2ccc3nc(C4CCC4)[nH]c3c2)oc2c1C(=O)CC(C)(C)C2. The number of aromatic nitrogens is 2. The number of nitrogens with one attached hydrogen (secondary N) is 2. The summed E-state index contributed by atoms with van der Waals surface area (Å²) in [5.41, 5.74) is 3.56. The first kappa shape index (κ1) is 18.2. The maximum Gasteiger partial charge on any atom is 0.291 e. The number of H-pyrrole nitrogens is 1. The lowest BCUT2D eigenvalue weighted by molar-refractivity contribution is 0.0898. The first-order chi connectivity index (χ1) is 13.8. The molecule has 0 atom stereocenters. The van der Waals surface area contributed by atoms with E-state index < -0.39 is 0 Å². The molecule has 2 N–H and O–H groups in total. The number of carbonyl (C=O) groups excluding carboxylic acids is 2. The predicted molar refractivity (Wildman–Crippen MR) is 111 cm³/mol. The molecular formula is C23H25N3O3. The zero-order chi connectivity index (χ0) is 20.3. The number of nitrogens with zero attached hydrogens (tertiary/aromatic N) is 1. The molecule has 0 unspecified atom stereocenters. The van der Waals surface area contributed by atoms with Gasteiger partial charge in [0, 0.05) is 30.0 Å². The van der Waals surface area contributed by atoms with Crippen molar-refractivity contribution < 1.29 is 14.0 Å². The molecule has 1 fully saturated rings. The van der Waals surface area contributed by atoms with Crippen LogP contribution in [0.3, 0.4) is 0 Å². The molecule has 6 nitrogen and oxygen atoms in total. The number of aromatic amines is 1. The van der Waals surface area contributed by atoms with E-state index in [0.29, 0.717) is 41.3 Å². The number of imidazole rings is 1. The minimum absolute atomic E-state index is 0.0546. The van der Waals surface area contributed by atoms with Crippen LogP contribution in [0.25, 0.3) is 11.0 Å². The van der Waals surface area contributed by atoms with Crippen LogP contribution >= 0.6 is 0 Å². The minimum Gasteiger partial charge on any atom is -0.455 e. The number of carbonyl (C=O) groups is 2. The highest BCUT2D eigenvalue weighted by Crippen LogP contribution is 2.39. The Bertz CT molecular complexity index is 1150. The highest BCUT2D eigenvalue weighted by molar-refractivity contribution is 6.08. The van der Waals surface area contributed by atoms with Gasteiger partial charge in [0.05, 0.1) is 16.6 Å². The maximum absolute atomic E-state index is 12.9. The molecule has 5 rings (SSSR count). The summed E-state index contributed by atoms with van der Waals surface area (Å²) < 4.78 is 5.87. The molecule has 1 saturated carbocycles. The second-order valence-electron chi connectivity index (χ2n) is 9.23. The molecule has 1 aromatic carbocycles. The van der Waals surface area contributed by atoms with Crippen molar-refractivity contribution in [2.75, 3.05) is 5.32 Å². The second kappa shape index (κ2) is 6.31. The van der Waals surface area contributed by atoms with Crippen molar-refractivity contribution in [2.45, 2.75) is 58.8 Å². The Morgan fingerprint density at radius 3 is 2.79 bits per heavy atom. The van der Waals surface area contributed by atoms with Crippen molar-refractivity contribution in [3.8, 4) is 0 Å². The van der Waals surface area contributed by atoms with Gasteiger partial charge in [-0.15, -0.1) is 0 Å². The quantitative estimate of drug-likeness (QED) is 0.647. The van der Waals surface area contributed by atoms with Crippen molar-refractivity contribution in [2.24, 2.45) is 5.41 Å². The number of Topliss-reactive ketones (excluding diaryl/α,β-unsaturated/α-hetero) is 1. The van der Waals surface area contributed by atoms with E-state index >= 15 is 0 Å². The Kier molecular flexibility index (Phi) is 3.95. The summed E-state index contributed by atoms with van der Waals surface area (Å²) in [5, 5.41) is 2.91. The van der Waals surface area contributed by atoms with Crippen molar-refractivity contribution in [3.05, 3.63) is 46.7 Å². The van der Waals surface area contributed by atoms with Gasteiger partial charge in [-0.25, -0.2) is 4.98 Å². The van der Waals surface area contributed by atoms with Crippen LogP contribution in [0.15, 0.2) is 22.6 Å². The van der Waals surface area contributed by atoms with Crippen LogP contribution in [0.1, 0.15) is 83.5 Å². The van der Waals surface area contributed by atoms with Gasteiger partial charge >= 0.3 is 0 Å². The molecule has 0 bridgehead atoms. The minimum atomic E-state index is -0.333. The summed E-state index contributed by atoms with van der Waals surface area (Å²) in [6.07, 6.45) is 4.76. The molecule has 0 radical (unpaired) electrons. The monoisotopic (exact) mass is 391 g/mol. The standard InChI is InChI=1S/C23H25N3O3/c1-12-19-17(27)10-23(2,3)11-18(19)29-20(12)22(28)24-14-7-8-15-16(9-14)26-21(25-15)13-5-4-6-13/h7-9,13H,4-6,10-11H2,1-3H3,(H,24,28)(H,25,26). The van der Waals surface area contributed by atoms with Gasteiger partial charge in [-0.1, -0.05) is 20.3 Å². The van der Waals surface area contributed by atoms with Gasteiger partial charge in [0.2, 0.25) is 0 Å². The lowest BCUT2D eigenvalue weighted by atomic mass is 9.76. The molecule has 29 heavy (non-hydrogen) atoms. The van der Waals surface area contributed by atoms with E-state index in [4.69, 9.17) is 4.42 Å². The van der Waals surface area contributed by atoms with Crippen LogP contribution < -0.4 is 5.32 Å². The topological polar surface area (TPSA) is 88.0 Å². The smallest absolute Gasteiger partial charge is 0.291 e. The summed E-state index contributed by atoms with van der Waals surface area (Å²) in [6, 6.07) is 5.66. The Balaban J connectivity index is 1.41. The van der Waals surface area contributed by atoms with E-state index in [0.717, 1.165) is 16.9 Å². The highest BCUT2D eigenvalue weighted by atomic mass is 16.4. The molecule has 6 heteroatoms. The summed E-state index contributed by atoms with van der Waals surface area (Å²) >= 11 is 0. The van der Waals surface area contributed by atoms with E-state index in [9.17, 15) is 9.59 Å². The number of ketones is 1. The van der Waals surface area contributed by atoms with Gasteiger partial charge in [0.25, 0.3) is 5.91 Å². The average molecular weight is 391 g/mol. The van der Waals surface area contributed by atoms with Crippen LogP contribution in [0.2, 0.25) is 0 Å². The number of hydrogen-bond acceptors (Lipinski definition) is 4. The fraction of sp³-hybridized carbons (Fsp3) is 0.435. The molecule has 1 amide bonds. The largest absolute Gasteiger partial charge is 0.455 e. The van der Waals surface area contributed by atoms with Gasteiger partial charge in [-0.05, 0) is 43.4 Å². The Morgan fingerprint density at radius 1 is 1.28 bits per heavy atom. The zero-order valence-corrected chi connectivity index (χ0v) is 17.0. The van der Waals surface area contributed by atoms with Crippen LogP contribution in [-0.2, 0) is 6.42 Å². The fourth-order valence-corrected chi connectivity index (χ4v) is 4.47. The number of furan rings is 1. The summed E-state index contributed by atoms with van der Waals surface area (Å²) in [7, 11) is 0. The summed E-state index contributed by atoms with van der Waals surface area (Å²) in [4.78, 5) is 33.5. The van der Waals surface area contributed by atoms with Crippen molar-refractivity contribution in [3.63, 3.8) is 0 Å². The number of hydrogen-bond donors (Lipinski definition) is 2. The average Bonchev–Trinajstić information content (AvgIpc) is 3.12. The summed E-state index contributed by atoms with van der Waals surface area (Å²) in [6.45, 7) is 5.88. The van der Waals surface area contributed by atoms with Crippen LogP contribution in [0.5, 0.6) is 0 Å². The van der Waals surface area contributed by atoms with Crippen molar-refractivity contribution in [1.82, 2.24) is 9.97 Å². The molecule has 150 valence electrons. The van der Waals surface area contributed by atoms with E-state index in [1.165, 1.54) is 19.3 Å². The van der Waals surface area contributed by atoms with E-state index in [-0.39, 0.29) is 22.9 Å². The van der Waals surface area contributed by atoms with E-state index in [2.05, 4.69) is 15.3 Å². The predicted octanol–water partition coefficient (Wildman–Crippen LogP) is 5.14. The van der Waals surface area contributed by atoms with E-state index in [1.54, 1.807) is 6.92 Å². The van der Waals surface area contributed by atoms with Gasteiger partial charge in [0.1, 0.15) is 11.6 Å². The molecular weight excluding hydrogens is 366 g/mol. The molecule has 2 heterocycles. The number of amides is 1. The zero-order valence-electron chi connectivity index (χ0n) is 17.0. The lowest BCUT2D eigenvalue weighted by Gasteiger charge is -2.27. The molecule has 0 saturated heterocycles. The first-order valence-electron chi connectivity index (χ1n) is 10.3. The number of rotatable bonds is 3. The maximum atomic E-state index is 12.9. The van der Waals surface area contributed by atoms with Crippen molar-refractivity contribution in [1.29, 1.82) is 0 Å². The van der Waals surface area contributed by atoms with Crippen molar-refractivity contribution >= 4 is 28.4 Å². The Labute approximate surface area is 169 Å². The van der Waals surface area contributed by atoms with Gasteiger partial charge in [0.15, 0.2) is 11.5 Å². The normalized spacial score (nSPS) is 18.5. The second-order valence-corrected chi connectivity index (χ2v) is 9.23. The molecule has 2 aliphatic carbocycles. The van der Waals surface area contributed by atoms with Gasteiger partial charge in [-0.2, -0.15) is 0 Å². The third-order valence-corrected chi connectivity index (χ3v) is 6.23. The number of fused-ring (bicyclic) bond motifs is 2. The van der Waals surface area contributed by atoms with Crippen LogP contribution in [-0.4, -0.2) is 21.7 Å². The Hall–Kier alpha value is -2.89. The fourth-order valence-electron chi connectivity index (χ4n) is 4.47. The van der Waals surface area contributed by atoms with Crippen LogP contribution in [0, 0.1) is 12.3 Å². The summed E-state index contributed by atoms with van der Waals surface area (Å²) in [5.74, 6) is 2.13.